The SMILES string of the molecule is Nc1cc(-c2cn[nH]c2C2CCN(C(=O)CCOc3cccc(F)c3)C2)ccn1. The van der Waals surface area contributed by atoms with Crippen molar-refractivity contribution in [3.63, 3.8) is 0 Å². The minimum Gasteiger partial charge on any atom is -0.493 e. The number of nitrogen functional groups attached to an aromatic ring is 1. The average Bonchev–Trinajstić information content (AvgIpc) is 3.37. The lowest BCUT2D eigenvalue weighted by Gasteiger charge is -2.17. The van der Waals surface area contributed by atoms with Crippen molar-refractivity contribution in [1.29, 1.82) is 0 Å². The number of hydrogen-bond donors (Lipinski definition) is 2. The van der Waals surface area contributed by atoms with Crippen molar-refractivity contribution >= 4 is 11.7 Å². The second-order valence-electron chi connectivity index (χ2n) is 7.05. The highest BCUT2D eigenvalue weighted by atomic mass is 19.1. The van der Waals surface area contributed by atoms with Crippen molar-refractivity contribution in [3.05, 3.63) is 60.3 Å². The minimum atomic E-state index is -0.359. The Morgan fingerprint density at radius 3 is 3.07 bits per heavy atom. The van der Waals surface area contributed by atoms with Gasteiger partial charge in [-0.1, -0.05) is 6.07 Å². The van der Waals surface area contributed by atoms with Crippen LogP contribution in [0.3, 0.4) is 0 Å². The molecule has 7 nitrogen and oxygen atoms in total. The van der Waals surface area contributed by atoms with E-state index in [-0.39, 0.29) is 30.7 Å². The summed E-state index contributed by atoms with van der Waals surface area (Å²) in [6.45, 7) is 1.52. The van der Waals surface area contributed by atoms with Gasteiger partial charge >= 0.3 is 0 Å². The molecule has 1 amide bonds. The molecule has 1 aliphatic heterocycles. The molecule has 1 saturated heterocycles. The van der Waals surface area contributed by atoms with E-state index in [4.69, 9.17) is 10.5 Å². The highest BCUT2D eigenvalue weighted by Gasteiger charge is 2.30. The molecule has 8 heteroatoms. The Morgan fingerprint density at radius 1 is 1.34 bits per heavy atom. The van der Waals surface area contributed by atoms with Crippen LogP contribution in [-0.4, -0.2) is 45.7 Å². The van der Waals surface area contributed by atoms with Gasteiger partial charge in [-0.15, -0.1) is 0 Å². The third-order valence-electron chi connectivity index (χ3n) is 5.09. The second-order valence-corrected chi connectivity index (χ2v) is 7.05. The van der Waals surface area contributed by atoms with Gasteiger partial charge in [0, 0.05) is 42.5 Å². The molecular weight excluding hydrogens is 373 g/mol. The zero-order chi connectivity index (χ0) is 20.2. The van der Waals surface area contributed by atoms with Crippen LogP contribution in [0.4, 0.5) is 10.2 Å². The van der Waals surface area contributed by atoms with E-state index in [1.807, 2.05) is 17.0 Å². The number of H-pyrrole nitrogens is 1. The Balaban J connectivity index is 1.35. The molecule has 1 unspecified atom stereocenters. The molecule has 2 aromatic heterocycles. The number of benzene rings is 1. The van der Waals surface area contributed by atoms with Gasteiger partial charge in [-0.2, -0.15) is 5.10 Å². The summed E-state index contributed by atoms with van der Waals surface area (Å²) in [6, 6.07) is 9.62. The van der Waals surface area contributed by atoms with Crippen LogP contribution in [0.15, 0.2) is 48.8 Å². The molecule has 150 valence electrons. The van der Waals surface area contributed by atoms with E-state index in [0.717, 1.165) is 23.2 Å². The number of nitrogens with zero attached hydrogens (tertiary/aromatic N) is 3. The topological polar surface area (TPSA) is 97.1 Å². The summed E-state index contributed by atoms with van der Waals surface area (Å²) < 4.78 is 18.7. The van der Waals surface area contributed by atoms with Crippen LogP contribution in [0.5, 0.6) is 5.75 Å². The molecule has 1 aliphatic rings. The number of ether oxygens (including phenoxy) is 1. The first-order valence-electron chi connectivity index (χ1n) is 9.51. The number of carbonyl (C=O) groups excluding carboxylic acids is 1. The summed E-state index contributed by atoms with van der Waals surface area (Å²) in [6.07, 6.45) is 4.55. The summed E-state index contributed by atoms with van der Waals surface area (Å²) in [4.78, 5) is 18.4. The lowest BCUT2D eigenvalue weighted by molar-refractivity contribution is -0.130. The molecule has 4 rings (SSSR count). The number of pyridine rings is 1. The molecular formula is C21H22FN5O2. The molecule has 0 bridgehead atoms. The van der Waals surface area contributed by atoms with E-state index < -0.39 is 0 Å². The monoisotopic (exact) mass is 395 g/mol. The van der Waals surface area contributed by atoms with Gasteiger partial charge in [0.1, 0.15) is 17.4 Å². The number of nitrogens with two attached hydrogens (primary N) is 1. The van der Waals surface area contributed by atoms with Crippen molar-refractivity contribution in [1.82, 2.24) is 20.1 Å². The summed E-state index contributed by atoms with van der Waals surface area (Å²) in [5.41, 5.74) is 8.73. The Bertz CT molecular complexity index is 1010. The molecule has 0 radical (unpaired) electrons. The predicted octanol–water partition coefficient (Wildman–Crippen LogP) is 2.98. The van der Waals surface area contributed by atoms with E-state index >= 15 is 0 Å². The van der Waals surface area contributed by atoms with Crippen LogP contribution in [0.1, 0.15) is 24.5 Å². The second kappa shape index (κ2) is 8.30. The first kappa shape index (κ1) is 18.9. The highest BCUT2D eigenvalue weighted by Crippen LogP contribution is 2.33. The molecule has 0 spiro atoms. The third kappa shape index (κ3) is 4.37. The number of nitrogens with one attached hydrogen (secondary N) is 1. The largest absolute Gasteiger partial charge is 0.493 e. The van der Waals surface area contributed by atoms with Gasteiger partial charge in [-0.3, -0.25) is 9.89 Å². The third-order valence-corrected chi connectivity index (χ3v) is 5.09. The van der Waals surface area contributed by atoms with E-state index in [2.05, 4.69) is 15.2 Å². The van der Waals surface area contributed by atoms with Crippen molar-refractivity contribution in [2.24, 2.45) is 0 Å². The van der Waals surface area contributed by atoms with Crippen molar-refractivity contribution in [2.45, 2.75) is 18.8 Å². The van der Waals surface area contributed by atoms with Gasteiger partial charge in [0.15, 0.2) is 0 Å². The van der Waals surface area contributed by atoms with Gasteiger partial charge in [-0.25, -0.2) is 9.37 Å². The summed E-state index contributed by atoms with van der Waals surface area (Å²) in [7, 11) is 0. The molecule has 1 fully saturated rings. The fraction of sp³-hybridized carbons (Fsp3) is 0.286. The fourth-order valence-electron chi connectivity index (χ4n) is 3.65. The molecule has 3 aromatic rings. The van der Waals surface area contributed by atoms with E-state index in [1.54, 1.807) is 24.5 Å². The summed E-state index contributed by atoms with van der Waals surface area (Å²) >= 11 is 0. The number of carbonyl (C=O) groups is 1. The van der Waals surface area contributed by atoms with Crippen molar-refractivity contribution < 1.29 is 13.9 Å². The molecule has 3 N–H and O–H groups in total. The number of likely N-dealkylation sites (tertiary alicyclic amines) is 1. The van der Waals surface area contributed by atoms with Crippen LogP contribution in [0, 0.1) is 5.82 Å². The number of aromatic nitrogens is 3. The quantitative estimate of drug-likeness (QED) is 0.669. The number of rotatable bonds is 6. The van der Waals surface area contributed by atoms with Crippen LogP contribution in [-0.2, 0) is 4.79 Å². The van der Waals surface area contributed by atoms with E-state index in [1.165, 1.54) is 12.1 Å². The zero-order valence-corrected chi connectivity index (χ0v) is 15.8. The van der Waals surface area contributed by atoms with Gasteiger partial charge in [0.25, 0.3) is 0 Å². The predicted molar refractivity (Wildman–Crippen MR) is 107 cm³/mol. The van der Waals surface area contributed by atoms with Crippen LogP contribution in [0.25, 0.3) is 11.1 Å². The molecule has 29 heavy (non-hydrogen) atoms. The van der Waals surface area contributed by atoms with Crippen molar-refractivity contribution in [2.75, 3.05) is 25.4 Å². The molecule has 1 aromatic carbocycles. The van der Waals surface area contributed by atoms with Crippen LogP contribution >= 0.6 is 0 Å². The molecule has 0 aliphatic carbocycles. The molecule has 1 atom stereocenters. The van der Waals surface area contributed by atoms with Crippen LogP contribution < -0.4 is 10.5 Å². The maximum absolute atomic E-state index is 13.2. The maximum Gasteiger partial charge on any atom is 0.226 e. The number of hydrogen-bond acceptors (Lipinski definition) is 5. The number of anilines is 1. The number of amides is 1. The van der Waals surface area contributed by atoms with E-state index in [0.29, 0.717) is 24.7 Å². The summed E-state index contributed by atoms with van der Waals surface area (Å²) in [5.74, 6) is 0.725. The lowest BCUT2D eigenvalue weighted by Crippen LogP contribution is -2.29. The van der Waals surface area contributed by atoms with E-state index in [9.17, 15) is 9.18 Å². The minimum absolute atomic E-state index is 0.0260. The van der Waals surface area contributed by atoms with Gasteiger partial charge in [-0.05, 0) is 36.2 Å². The number of halogens is 1. The normalized spacial score (nSPS) is 16.2. The smallest absolute Gasteiger partial charge is 0.226 e. The van der Waals surface area contributed by atoms with Crippen LogP contribution in [0.2, 0.25) is 0 Å². The maximum atomic E-state index is 13.2. The number of aromatic amines is 1. The standard InChI is InChI=1S/C21H22FN5O2/c22-16-2-1-3-17(11-16)29-9-6-20(28)27-8-5-15(13-27)21-18(12-25-26-21)14-4-7-24-19(23)10-14/h1-4,7,10-12,15H,5-6,8-9,13H2,(H2,23,24)(H,25,26). The van der Waals surface area contributed by atoms with Gasteiger partial charge in [0.2, 0.25) is 5.91 Å². The van der Waals surface area contributed by atoms with Gasteiger partial charge in [0.05, 0.1) is 19.2 Å². The zero-order valence-electron chi connectivity index (χ0n) is 15.8. The average molecular weight is 395 g/mol. The fourth-order valence-corrected chi connectivity index (χ4v) is 3.65. The Hall–Kier alpha value is -3.42. The Labute approximate surface area is 167 Å². The highest BCUT2D eigenvalue weighted by molar-refractivity contribution is 5.77. The Morgan fingerprint density at radius 2 is 2.24 bits per heavy atom. The first-order valence-corrected chi connectivity index (χ1v) is 9.51. The molecule has 0 saturated carbocycles. The van der Waals surface area contributed by atoms with Crippen molar-refractivity contribution in [3.8, 4) is 16.9 Å². The molecule has 3 heterocycles. The Kier molecular flexibility index (Phi) is 5.41. The lowest BCUT2D eigenvalue weighted by atomic mass is 9.97. The van der Waals surface area contributed by atoms with Gasteiger partial charge < -0.3 is 15.4 Å². The summed E-state index contributed by atoms with van der Waals surface area (Å²) in [5, 5.41) is 7.28. The first-order chi connectivity index (χ1) is 14.1.